The molecule has 1 aromatic heterocycles. The summed E-state index contributed by atoms with van der Waals surface area (Å²) < 4.78 is 13.3. The Labute approximate surface area is 119 Å². The molecule has 0 bridgehead atoms. The van der Waals surface area contributed by atoms with Crippen LogP contribution in [0.25, 0.3) is 0 Å². The zero-order valence-electron chi connectivity index (χ0n) is 10.4. The predicted octanol–water partition coefficient (Wildman–Crippen LogP) is 2.15. The SMILES string of the molecule is CNc1ncc(Cl)c(Nc2cc(F)ccc2C(N)=O)n1. The maximum absolute atomic E-state index is 13.3. The Bertz CT molecular complexity index is 664. The molecule has 104 valence electrons. The molecule has 0 saturated heterocycles. The third kappa shape index (κ3) is 2.94. The van der Waals surface area contributed by atoms with Crippen molar-refractivity contribution in [3.05, 3.63) is 40.8 Å². The number of hydrogen-bond donors (Lipinski definition) is 3. The number of nitrogens with one attached hydrogen (secondary N) is 2. The summed E-state index contributed by atoms with van der Waals surface area (Å²) in [4.78, 5) is 19.3. The highest BCUT2D eigenvalue weighted by atomic mass is 35.5. The third-order valence-corrected chi connectivity index (χ3v) is 2.74. The first kappa shape index (κ1) is 14.0. The third-order valence-electron chi connectivity index (χ3n) is 2.47. The molecular formula is C12H11ClFN5O. The van der Waals surface area contributed by atoms with Crippen molar-refractivity contribution in [2.45, 2.75) is 0 Å². The van der Waals surface area contributed by atoms with Gasteiger partial charge >= 0.3 is 0 Å². The summed E-state index contributed by atoms with van der Waals surface area (Å²) in [5.74, 6) is -0.643. The van der Waals surface area contributed by atoms with Crippen LogP contribution in [0.4, 0.5) is 21.8 Å². The molecule has 0 aliphatic rings. The van der Waals surface area contributed by atoms with E-state index in [0.717, 1.165) is 12.1 Å². The quantitative estimate of drug-likeness (QED) is 0.803. The molecule has 0 unspecified atom stereocenters. The normalized spacial score (nSPS) is 10.2. The van der Waals surface area contributed by atoms with E-state index in [1.165, 1.54) is 12.3 Å². The van der Waals surface area contributed by atoms with Gasteiger partial charge in [-0.15, -0.1) is 0 Å². The first-order valence-corrected chi connectivity index (χ1v) is 5.95. The van der Waals surface area contributed by atoms with Crippen LogP contribution in [0, 0.1) is 5.82 Å². The molecule has 8 heteroatoms. The van der Waals surface area contributed by atoms with Crippen LogP contribution in [-0.2, 0) is 0 Å². The topological polar surface area (TPSA) is 92.9 Å². The molecule has 0 aliphatic heterocycles. The Morgan fingerprint density at radius 1 is 1.45 bits per heavy atom. The lowest BCUT2D eigenvalue weighted by atomic mass is 10.1. The van der Waals surface area contributed by atoms with E-state index in [1.807, 2.05) is 0 Å². The van der Waals surface area contributed by atoms with Crippen LogP contribution >= 0.6 is 11.6 Å². The number of carbonyl (C=O) groups is 1. The molecule has 1 heterocycles. The van der Waals surface area contributed by atoms with Crippen LogP contribution in [0.15, 0.2) is 24.4 Å². The number of nitrogens with zero attached hydrogens (tertiary/aromatic N) is 2. The summed E-state index contributed by atoms with van der Waals surface area (Å²) in [5, 5.41) is 5.74. The lowest BCUT2D eigenvalue weighted by Gasteiger charge is -2.11. The summed E-state index contributed by atoms with van der Waals surface area (Å²) in [5.41, 5.74) is 5.55. The zero-order chi connectivity index (χ0) is 14.7. The Hall–Kier alpha value is -2.41. The summed E-state index contributed by atoms with van der Waals surface area (Å²) >= 11 is 5.95. The van der Waals surface area contributed by atoms with Crippen molar-refractivity contribution >= 4 is 35.0 Å². The smallest absolute Gasteiger partial charge is 0.250 e. The Kier molecular flexibility index (Phi) is 3.99. The van der Waals surface area contributed by atoms with Crippen LogP contribution in [-0.4, -0.2) is 22.9 Å². The van der Waals surface area contributed by atoms with Gasteiger partial charge in [0.05, 0.1) is 17.4 Å². The number of amides is 1. The van der Waals surface area contributed by atoms with E-state index >= 15 is 0 Å². The molecule has 0 saturated carbocycles. The maximum Gasteiger partial charge on any atom is 0.250 e. The molecule has 0 fully saturated rings. The Balaban J connectivity index is 2.43. The van der Waals surface area contributed by atoms with Crippen molar-refractivity contribution in [3.8, 4) is 0 Å². The number of hydrogen-bond acceptors (Lipinski definition) is 5. The van der Waals surface area contributed by atoms with Crippen LogP contribution < -0.4 is 16.4 Å². The maximum atomic E-state index is 13.3. The van der Waals surface area contributed by atoms with Crippen molar-refractivity contribution in [3.63, 3.8) is 0 Å². The Morgan fingerprint density at radius 2 is 2.20 bits per heavy atom. The summed E-state index contributed by atoms with van der Waals surface area (Å²) in [6.45, 7) is 0. The monoisotopic (exact) mass is 295 g/mol. The van der Waals surface area contributed by atoms with Gasteiger partial charge in [0.2, 0.25) is 5.95 Å². The number of anilines is 3. The summed E-state index contributed by atoms with van der Waals surface area (Å²) in [6.07, 6.45) is 1.38. The molecule has 20 heavy (non-hydrogen) atoms. The summed E-state index contributed by atoms with van der Waals surface area (Å²) in [7, 11) is 1.64. The van der Waals surface area contributed by atoms with Gasteiger partial charge in [-0.05, 0) is 18.2 Å². The van der Waals surface area contributed by atoms with Crippen LogP contribution in [0.2, 0.25) is 5.02 Å². The minimum absolute atomic E-state index is 0.132. The second kappa shape index (κ2) is 5.70. The van der Waals surface area contributed by atoms with Crippen molar-refractivity contribution in [1.29, 1.82) is 0 Å². The number of rotatable bonds is 4. The van der Waals surface area contributed by atoms with Gasteiger partial charge in [0, 0.05) is 7.05 Å². The molecule has 2 rings (SSSR count). The molecule has 0 radical (unpaired) electrons. The standard InChI is InChI=1S/C12H11ClFN5O/c1-16-12-17-5-8(13)11(19-12)18-9-4-6(14)2-3-7(9)10(15)20/h2-5H,1H3,(H2,15,20)(H2,16,17,18,19). The van der Waals surface area contributed by atoms with Gasteiger partial charge in [-0.25, -0.2) is 9.37 Å². The highest BCUT2D eigenvalue weighted by molar-refractivity contribution is 6.33. The van der Waals surface area contributed by atoms with Gasteiger partial charge in [0.25, 0.3) is 5.91 Å². The Morgan fingerprint density at radius 3 is 2.85 bits per heavy atom. The predicted molar refractivity (Wildman–Crippen MR) is 74.8 cm³/mol. The van der Waals surface area contributed by atoms with Gasteiger partial charge < -0.3 is 16.4 Å². The number of carbonyl (C=O) groups excluding carboxylic acids is 1. The average Bonchev–Trinajstić information content (AvgIpc) is 2.41. The van der Waals surface area contributed by atoms with E-state index < -0.39 is 11.7 Å². The van der Waals surface area contributed by atoms with Gasteiger partial charge in [0.15, 0.2) is 5.82 Å². The minimum Gasteiger partial charge on any atom is -0.366 e. The van der Waals surface area contributed by atoms with Crippen LogP contribution in [0.1, 0.15) is 10.4 Å². The molecule has 0 spiro atoms. The van der Waals surface area contributed by atoms with Crippen molar-refractivity contribution in [2.75, 3.05) is 17.7 Å². The fraction of sp³-hybridized carbons (Fsp3) is 0.0833. The first-order valence-electron chi connectivity index (χ1n) is 5.58. The second-order valence-corrected chi connectivity index (χ2v) is 4.23. The van der Waals surface area contributed by atoms with Crippen molar-refractivity contribution in [1.82, 2.24) is 9.97 Å². The number of aromatic nitrogens is 2. The van der Waals surface area contributed by atoms with Gasteiger partial charge in [0.1, 0.15) is 10.8 Å². The fourth-order valence-corrected chi connectivity index (χ4v) is 1.68. The van der Waals surface area contributed by atoms with Crippen molar-refractivity contribution < 1.29 is 9.18 Å². The van der Waals surface area contributed by atoms with E-state index in [9.17, 15) is 9.18 Å². The number of nitrogens with two attached hydrogens (primary N) is 1. The van der Waals surface area contributed by atoms with Crippen LogP contribution in [0.5, 0.6) is 0 Å². The molecule has 0 atom stereocenters. The molecule has 6 nitrogen and oxygen atoms in total. The molecule has 2 aromatic rings. The second-order valence-electron chi connectivity index (χ2n) is 3.82. The molecule has 0 aliphatic carbocycles. The van der Waals surface area contributed by atoms with Gasteiger partial charge in [-0.1, -0.05) is 11.6 Å². The number of benzene rings is 1. The average molecular weight is 296 g/mol. The van der Waals surface area contributed by atoms with Gasteiger partial charge in [-0.2, -0.15) is 4.98 Å². The number of primary amides is 1. The first-order chi connectivity index (χ1) is 9.51. The highest BCUT2D eigenvalue weighted by Crippen LogP contribution is 2.26. The van der Waals surface area contributed by atoms with E-state index in [-0.39, 0.29) is 22.1 Å². The molecule has 4 N–H and O–H groups in total. The van der Waals surface area contributed by atoms with Crippen LogP contribution in [0.3, 0.4) is 0 Å². The molecular weight excluding hydrogens is 285 g/mol. The van der Waals surface area contributed by atoms with E-state index in [1.54, 1.807) is 7.05 Å². The van der Waals surface area contributed by atoms with E-state index in [0.29, 0.717) is 5.95 Å². The van der Waals surface area contributed by atoms with Gasteiger partial charge in [-0.3, -0.25) is 4.79 Å². The lowest BCUT2D eigenvalue weighted by molar-refractivity contribution is 0.100. The van der Waals surface area contributed by atoms with E-state index in [4.69, 9.17) is 17.3 Å². The summed E-state index contributed by atoms with van der Waals surface area (Å²) in [6, 6.07) is 3.57. The largest absolute Gasteiger partial charge is 0.366 e. The molecule has 1 amide bonds. The number of halogens is 2. The lowest BCUT2D eigenvalue weighted by Crippen LogP contribution is -2.14. The van der Waals surface area contributed by atoms with E-state index in [2.05, 4.69) is 20.6 Å². The fourth-order valence-electron chi connectivity index (χ4n) is 1.54. The van der Waals surface area contributed by atoms with Crippen molar-refractivity contribution in [2.24, 2.45) is 5.73 Å². The minimum atomic E-state index is -0.688. The molecule has 1 aromatic carbocycles. The zero-order valence-corrected chi connectivity index (χ0v) is 11.2. The highest BCUT2D eigenvalue weighted by Gasteiger charge is 2.12.